The van der Waals surface area contributed by atoms with E-state index in [-0.39, 0.29) is 18.7 Å². The third-order valence-electron chi connectivity index (χ3n) is 2.57. The Kier molecular flexibility index (Phi) is 2.15. The zero-order chi connectivity index (χ0) is 10.1. The molecular formula is C9H12N2O3. The van der Waals surface area contributed by atoms with Crippen molar-refractivity contribution >= 4 is 5.97 Å². The van der Waals surface area contributed by atoms with Crippen molar-refractivity contribution in [1.82, 2.24) is 9.55 Å². The first kappa shape index (κ1) is 9.05. The highest BCUT2D eigenvalue weighted by atomic mass is 16.4. The van der Waals surface area contributed by atoms with Crippen LogP contribution in [0.3, 0.4) is 0 Å². The Labute approximate surface area is 80.4 Å². The molecule has 0 spiro atoms. The van der Waals surface area contributed by atoms with Crippen LogP contribution in [0.4, 0.5) is 0 Å². The van der Waals surface area contributed by atoms with Gasteiger partial charge in [0.2, 0.25) is 0 Å². The van der Waals surface area contributed by atoms with E-state index < -0.39 is 5.97 Å². The number of aliphatic carboxylic acids is 1. The molecule has 0 saturated heterocycles. The average molecular weight is 196 g/mol. The number of hydrogen-bond acceptors (Lipinski definition) is 2. The Morgan fingerprint density at radius 3 is 3.00 bits per heavy atom. The Bertz CT molecular complexity index is 416. The summed E-state index contributed by atoms with van der Waals surface area (Å²) >= 11 is 0. The molecule has 0 radical (unpaired) electrons. The third kappa shape index (κ3) is 1.45. The first-order valence-electron chi connectivity index (χ1n) is 4.71. The van der Waals surface area contributed by atoms with Crippen LogP contribution in [0.2, 0.25) is 0 Å². The van der Waals surface area contributed by atoms with Crippen molar-refractivity contribution in [3.63, 3.8) is 0 Å². The molecule has 0 fully saturated rings. The van der Waals surface area contributed by atoms with Crippen molar-refractivity contribution in [2.75, 3.05) is 0 Å². The lowest BCUT2D eigenvalue weighted by Crippen LogP contribution is -2.20. The number of nitrogens with zero attached hydrogens (tertiary/aromatic N) is 1. The molecule has 1 aliphatic carbocycles. The lowest BCUT2D eigenvalue weighted by Gasteiger charge is -2.01. The predicted molar refractivity (Wildman–Crippen MR) is 49.3 cm³/mol. The lowest BCUT2D eigenvalue weighted by atomic mass is 10.3. The first-order valence-corrected chi connectivity index (χ1v) is 4.71. The van der Waals surface area contributed by atoms with Gasteiger partial charge in [0.15, 0.2) is 0 Å². The fourth-order valence-electron chi connectivity index (χ4n) is 1.92. The predicted octanol–water partition coefficient (Wildman–Crippen LogP) is 0.140. The van der Waals surface area contributed by atoms with E-state index in [4.69, 9.17) is 5.11 Å². The van der Waals surface area contributed by atoms with Crippen LogP contribution in [0, 0.1) is 0 Å². The second kappa shape index (κ2) is 3.32. The molecule has 5 nitrogen and oxygen atoms in total. The van der Waals surface area contributed by atoms with Gasteiger partial charge in [0.05, 0.1) is 6.42 Å². The van der Waals surface area contributed by atoms with Crippen LogP contribution in [0.25, 0.3) is 0 Å². The maximum atomic E-state index is 11.4. The molecule has 1 aromatic heterocycles. The summed E-state index contributed by atoms with van der Waals surface area (Å²) in [6.07, 6.45) is 2.84. The van der Waals surface area contributed by atoms with Gasteiger partial charge in [0, 0.05) is 17.9 Å². The lowest BCUT2D eigenvalue weighted by molar-refractivity contribution is -0.137. The molecule has 0 unspecified atom stereocenters. The summed E-state index contributed by atoms with van der Waals surface area (Å²) in [6.45, 7) is 0.278. The van der Waals surface area contributed by atoms with E-state index in [1.54, 1.807) is 4.57 Å². The van der Waals surface area contributed by atoms with Crippen LogP contribution in [-0.2, 0) is 24.2 Å². The summed E-state index contributed by atoms with van der Waals surface area (Å²) in [5.74, 6) is -0.871. The van der Waals surface area contributed by atoms with Gasteiger partial charge in [-0.1, -0.05) is 0 Å². The molecule has 0 atom stereocenters. The Morgan fingerprint density at radius 1 is 1.50 bits per heavy atom. The molecule has 76 valence electrons. The number of hydrogen-bond donors (Lipinski definition) is 2. The minimum absolute atomic E-state index is 0.00417. The molecule has 1 aromatic rings. The van der Waals surface area contributed by atoms with Gasteiger partial charge in [-0.3, -0.25) is 9.36 Å². The smallest absolute Gasteiger partial charge is 0.325 e. The van der Waals surface area contributed by atoms with E-state index in [9.17, 15) is 9.59 Å². The highest BCUT2D eigenvalue weighted by molar-refractivity contribution is 5.66. The number of imidazole rings is 1. The molecule has 0 bridgehead atoms. The highest BCUT2D eigenvalue weighted by Gasteiger charge is 2.18. The van der Waals surface area contributed by atoms with E-state index in [1.807, 2.05) is 0 Å². The summed E-state index contributed by atoms with van der Waals surface area (Å²) in [4.78, 5) is 24.5. The zero-order valence-corrected chi connectivity index (χ0v) is 7.75. The monoisotopic (exact) mass is 196 g/mol. The van der Waals surface area contributed by atoms with Gasteiger partial charge in [0.25, 0.3) is 0 Å². The SMILES string of the molecule is O=C(O)CCn1c2c([nH]c1=O)CCC2. The van der Waals surface area contributed by atoms with Crippen molar-refractivity contribution in [3.8, 4) is 0 Å². The fourth-order valence-corrected chi connectivity index (χ4v) is 1.92. The average Bonchev–Trinajstić information content (AvgIpc) is 2.61. The molecule has 0 aliphatic heterocycles. The number of carboxylic acids is 1. The molecule has 2 N–H and O–H groups in total. The summed E-state index contributed by atoms with van der Waals surface area (Å²) in [7, 11) is 0. The van der Waals surface area contributed by atoms with Gasteiger partial charge in [0.1, 0.15) is 0 Å². The summed E-state index contributed by atoms with van der Waals surface area (Å²) in [6, 6.07) is 0. The second-order valence-corrected chi connectivity index (χ2v) is 3.50. The van der Waals surface area contributed by atoms with Gasteiger partial charge in [-0.25, -0.2) is 4.79 Å². The maximum absolute atomic E-state index is 11.4. The fraction of sp³-hybridized carbons (Fsp3) is 0.556. The molecule has 14 heavy (non-hydrogen) atoms. The topological polar surface area (TPSA) is 75.1 Å². The molecule has 5 heteroatoms. The van der Waals surface area contributed by atoms with Crippen LogP contribution < -0.4 is 5.69 Å². The van der Waals surface area contributed by atoms with Crippen LogP contribution in [-0.4, -0.2) is 20.6 Å². The number of H-pyrrole nitrogens is 1. The van der Waals surface area contributed by atoms with E-state index in [0.29, 0.717) is 0 Å². The summed E-state index contributed by atoms with van der Waals surface area (Å²) in [5.41, 5.74) is 1.81. The van der Waals surface area contributed by atoms with Crippen LogP contribution >= 0.6 is 0 Å². The number of rotatable bonds is 3. The van der Waals surface area contributed by atoms with Crippen molar-refractivity contribution in [3.05, 3.63) is 21.9 Å². The number of aromatic nitrogens is 2. The molecule has 1 aliphatic rings. The van der Waals surface area contributed by atoms with Crippen molar-refractivity contribution in [2.45, 2.75) is 32.2 Å². The molecule has 1 heterocycles. The third-order valence-corrected chi connectivity index (χ3v) is 2.57. The van der Waals surface area contributed by atoms with Crippen LogP contribution in [0.1, 0.15) is 24.2 Å². The van der Waals surface area contributed by atoms with E-state index >= 15 is 0 Å². The standard InChI is InChI=1S/C9H12N2O3/c12-8(13)4-5-11-7-3-1-2-6(7)10-9(11)14/h1-5H2,(H,10,14)(H,12,13). The van der Waals surface area contributed by atoms with Gasteiger partial charge in [-0.05, 0) is 19.3 Å². The van der Waals surface area contributed by atoms with Crippen LogP contribution in [0.15, 0.2) is 4.79 Å². The maximum Gasteiger partial charge on any atom is 0.325 e. The Balaban J connectivity index is 2.24. The van der Waals surface area contributed by atoms with Gasteiger partial charge in [-0.15, -0.1) is 0 Å². The van der Waals surface area contributed by atoms with Crippen molar-refractivity contribution in [1.29, 1.82) is 0 Å². The largest absolute Gasteiger partial charge is 0.481 e. The molecular weight excluding hydrogens is 184 g/mol. The number of nitrogens with one attached hydrogen (secondary N) is 1. The zero-order valence-electron chi connectivity index (χ0n) is 7.75. The van der Waals surface area contributed by atoms with E-state index in [2.05, 4.69) is 4.98 Å². The number of carbonyl (C=O) groups is 1. The Morgan fingerprint density at radius 2 is 2.29 bits per heavy atom. The van der Waals surface area contributed by atoms with Crippen molar-refractivity contribution in [2.24, 2.45) is 0 Å². The minimum atomic E-state index is -0.871. The highest BCUT2D eigenvalue weighted by Crippen LogP contribution is 2.18. The normalized spacial score (nSPS) is 14.3. The minimum Gasteiger partial charge on any atom is -0.481 e. The molecule has 0 saturated carbocycles. The quantitative estimate of drug-likeness (QED) is 0.722. The van der Waals surface area contributed by atoms with Gasteiger partial charge in [-0.2, -0.15) is 0 Å². The number of aryl methyl sites for hydroxylation is 1. The summed E-state index contributed by atoms with van der Waals surface area (Å²) in [5, 5.41) is 8.53. The number of fused-ring (bicyclic) bond motifs is 1. The summed E-state index contributed by atoms with van der Waals surface area (Å²) < 4.78 is 1.55. The van der Waals surface area contributed by atoms with E-state index in [0.717, 1.165) is 30.7 Å². The molecule has 0 aromatic carbocycles. The van der Waals surface area contributed by atoms with Gasteiger partial charge >= 0.3 is 11.7 Å². The number of carboxylic acid groups (broad SMARTS) is 1. The van der Waals surface area contributed by atoms with Crippen molar-refractivity contribution < 1.29 is 9.90 Å². The van der Waals surface area contributed by atoms with Crippen LogP contribution in [0.5, 0.6) is 0 Å². The van der Waals surface area contributed by atoms with E-state index in [1.165, 1.54) is 0 Å². The molecule has 2 rings (SSSR count). The first-order chi connectivity index (χ1) is 6.68. The number of aromatic amines is 1. The second-order valence-electron chi connectivity index (χ2n) is 3.50. The molecule has 0 amide bonds. The van der Waals surface area contributed by atoms with Gasteiger partial charge < -0.3 is 10.1 Å². The Hall–Kier alpha value is -1.52.